The Morgan fingerprint density at radius 3 is 2.65 bits per heavy atom. The molecule has 1 aliphatic rings. The average molecular weight is 248 g/mol. The van der Waals surface area contributed by atoms with E-state index < -0.39 is 8.07 Å². The van der Waals surface area contributed by atoms with Crippen LogP contribution in [-0.2, 0) is 11.2 Å². The minimum absolute atomic E-state index is 0.808. The van der Waals surface area contributed by atoms with Crippen molar-refractivity contribution in [3.8, 4) is 0 Å². The molecule has 1 aliphatic heterocycles. The number of hydrogen-bond acceptors (Lipinski definition) is 1. The zero-order valence-electron chi connectivity index (χ0n) is 11.3. The third-order valence-corrected chi connectivity index (χ3v) is 4.34. The van der Waals surface area contributed by atoms with Gasteiger partial charge in [0.2, 0.25) is 0 Å². The van der Waals surface area contributed by atoms with Crippen molar-refractivity contribution in [1.29, 1.82) is 0 Å². The fraction of sp³-hybridized carbons (Fsp3) is 0.500. The van der Waals surface area contributed by atoms with Crippen molar-refractivity contribution in [3.63, 3.8) is 0 Å². The molecule has 1 aromatic rings. The third kappa shape index (κ3) is 2.97. The average Bonchev–Trinajstić information content (AvgIpc) is 2.26. The molecule has 92 valence electrons. The predicted octanol–water partition coefficient (Wildman–Crippen LogP) is 2.53. The number of ether oxygens (including phenoxy) is 1. The fourth-order valence-electron chi connectivity index (χ4n) is 2.38. The largest absolute Gasteiger partial charge is 0.444 e. The molecule has 2 rings (SSSR count). The van der Waals surface area contributed by atoms with Crippen LogP contribution in [-0.4, -0.2) is 38.4 Å². The van der Waals surface area contributed by atoms with Gasteiger partial charge in [0.05, 0.1) is 12.2 Å². The molecular formula is C14H22NOSi+. The quantitative estimate of drug-likeness (QED) is 0.579. The number of hydrogen-bond donors (Lipinski definition) is 0. The lowest BCUT2D eigenvalue weighted by molar-refractivity contribution is -0.489. The van der Waals surface area contributed by atoms with Crippen LogP contribution in [0.15, 0.2) is 24.3 Å². The molecular weight excluding hydrogens is 226 g/mol. The van der Waals surface area contributed by atoms with E-state index in [1.165, 1.54) is 11.1 Å². The predicted molar refractivity (Wildman–Crippen MR) is 74.6 cm³/mol. The van der Waals surface area contributed by atoms with Gasteiger partial charge in [0.25, 0.3) is 0 Å². The monoisotopic (exact) mass is 248 g/mol. The van der Waals surface area contributed by atoms with Crippen molar-refractivity contribution in [2.24, 2.45) is 0 Å². The molecule has 0 bridgehead atoms. The maximum absolute atomic E-state index is 5.88. The topological polar surface area (TPSA) is 12.2 Å². The minimum atomic E-state index is -1.10. The summed E-state index contributed by atoms with van der Waals surface area (Å²) in [5.74, 6) is 1.06. The molecule has 1 aromatic carbocycles. The van der Waals surface area contributed by atoms with E-state index in [1.54, 1.807) is 0 Å². The smallest absolute Gasteiger partial charge is 0.369 e. The van der Waals surface area contributed by atoms with Crippen LogP contribution in [0.1, 0.15) is 11.1 Å². The Bertz CT molecular complexity index is 446. The highest BCUT2D eigenvalue weighted by atomic mass is 28.3. The standard InChI is InChI=1S/C14H22NOSi/c1-15(11-17(2,3)4)14-13-8-6-5-7-12(13)9-10-16-14/h5-8H,9-11H2,1-4H3/q+1/b15-14+. The van der Waals surface area contributed by atoms with Gasteiger partial charge in [-0.1, -0.05) is 37.8 Å². The van der Waals surface area contributed by atoms with Crippen LogP contribution in [0.3, 0.4) is 0 Å². The Labute approximate surface area is 105 Å². The number of nitrogens with zero attached hydrogens (tertiary/aromatic N) is 1. The Kier molecular flexibility index (Phi) is 3.38. The van der Waals surface area contributed by atoms with Crippen LogP contribution >= 0.6 is 0 Å². The van der Waals surface area contributed by atoms with Crippen LogP contribution in [0.2, 0.25) is 19.6 Å². The van der Waals surface area contributed by atoms with E-state index in [0.717, 1.165) is 25.1 Å². The van der Waals surface area contributed by atoms with Crippen LogP contribution in [0.25, 0.3) is 0 Å². The first-order chi connectivity index (χ1) is 7.97. The second kappa shape index (κ2) is 4.65. The van der Waals surface area contributed by atoms with Gasteiger partial charge in [0.1, 0.15) is 21.3 Å². The molecule has 17 heavy (non-hydrogen) atoms. The summed E-state index contributed by atoms with van der Waals surface area (Å²) in [5.41, 5.74) is 2.69. The van der Waals surface area contributed by atoms with Crippen molar-refractivity contribution >= 4 is 14.0 Å². The maximum Gasteiger partial charge on any atom is 0.369 e. The Morgan fingerprint density at radius 2 is 1.94 bits per heavy atom. The molecule has 0 aromatic heterocycles. The summed E-state index contributed by atoms with van der Waals surface area (Å²) in [5, 5.41) is 0. The van der Waals surface area contributed by atoms with Gasteiger partial charge in [-0.2, -0.15) is 0 Å². The Morgan fingerprint density at radius 1 is 1.24 bits per heavy atom. The zero-order chi connectivity index (χ0) is 12.5. The second-order valence-corrected chi connectivity index (χ2v) is 11.4. The lowest BCUT2D eigenvalue weighted by Gasteiger charge is -2.19. The van der Waals surface area contributed by atoms with Crippen molar-refractivity contribution in [2.45, 2.75) is 26.1 Å². The van der Waals surface area contributed by atoms with Gasteiger partial charge in [0, 0.05) is 6.42 Å². The van der Waals surface area contributed by atoms with E-state index in [-0.39, 0.29) is 0 Å². The number of benzene rings is 1. The molecule has 1 heterocycles. The highest BCUT2D eigenvalue weighted by Gasteiger charge is 2.27. The van der Waals surface area contributed by atoms with Crippen LogP contribution in [0.5, 0.6) is 0 Å². The number of fused-ring (bicyclic) bond motifs is 1. The lowest BCUT2D eigenvalue weighted by Crippen LogP contribution is -2.38. The molecule has 2 nitrogen and oxygen atoms in total. The van der Waals surface area contributed by atoms with Crippen molar-refractivity contribution in [1.82, 2.24) is 0 Å². The summed E-state index contributed by atoms with van der Waals surface area (Å²) in [7, 11) is 1.05. The summed E-state index contributed by atoms with van der Waals surface area (Å²) in [6, 6.07) is 8.58. The van der Waals surface area contributed by atoms with Gasteiger partial charge in [0.15, 0.2) is 0 Å². The van der Waals surface area contributed by atoms with E-state index in [9.17, 15) is 0 Å². The molecule has 3 heteroatoms. The first-order valence-corrected chi connectivity index (χ1v) is 9.97. The summed E-state index contributed by atoms with van der Waals surface area (Å²) < 4.78 is 8.17. The first-order valence-electron chi connectivity index (χ1n) is 6.26. The van der Waals surface area contributed by atoms with Crippen LogP contribution in [0, 0.1) is 0 Å². The van der Waals surface area contributed by atoms with E-state index in [4.69, 9.17) is 4.74 Å². The minimum Gasteiger partial charge on any atom is -0.444 e. The summed E-state index contributed by atoms with van der Waals surface area (Å²) in [6.45, 7) is 7.97. The molecule has 0 fully saturated rings. The molecule has 0 saturated carbocycles. The summed E-state index contributed by atoms with van der Waals surface area (Å²) in [4.78, 5) is 0. The van der Waals surface area contributed by atoms with E-state index in [1.807, 2.05) is 0 Å². The van der Waals surface area contributed by atoms with Crippen molar-refractivity contribution in [3.05, 3.63) is 35.4 Å². The van der Waals surface area contributed by atoms with Gasteiger partial charge in [-0.15, -0.1) is 0 Å². The fourth-order valence-corrected chi connectivity index (χ4v) is 3.95. The van der Waals surface area contributed by atoms with Gasteiger partial charge in [-0.25, -0.2) is 4.58 Å². The van der Waals surface area contributed by atoms with E-state index in [0.29, 0.717) is 0 Å². The van der Waals surface area contributed by atoms with Crippen LogP contribution < -0.4 is 0 Å². The molecule has 0 atom stereocenters. The van der Waals surface area contributed by atoms with Gasteiger partial charge in [-0.3, -0.25) is 0 Å². The normalized spacial score (nSPS) is 18.4. The molecule has 0 saturated heterocycles. The molecule has 0 aliphatic carbocycles. The second-order valence-electron chi connectivity index (χ2n) is 5.98. The Hall–Kier alpha value is -1.09. The van der Waals surface area contributed by atoms with E-state index in [2.05, 4.69) is 55.5 Å². The molecule has 0 amide bonds. The summed E-state index contributed by atoms with van der Waals surface area (Å²) in [6.07, 6.45) is 2.16. The SMILES string of the molecule is C/[N+](C[Si](C)(C)C)=C1\OCCc2ccccc21. The van der Waals surface area contributed by atoms with Crippen molar-refractivity contribution < 1.29 is 9.31 Å². The van der Waals surface area contributed by atoms with Crippen molar-refractivity contribution in [2.75, 3.05) is 19.8 Å². The Balaban J connectivity index is 2.37. The summed E-state index contributed by atoms with van der Waals surface area (Å²) >= 11 is 0. The number of rotatable bonds is 2. The highest BCUT2D eigenvalue weighted by Crippen LogP contribution is 2.17. The maximum atomic E-state index is 5.88. The highest BCUT2D eigenvalue weighted by molar-refractivity contribution is 6.75. The molecule has 0 spiro atoms. The van der Waals surface area contributed by atoms with Gasteiger partial charge >= 0.3 is 5.90 Å². The third-order valence-electron chi connectivity index (χ3n) is 2.92. The van der Waals surface area contributed by atoms with Crippen LogP contribution in [0.4, 0.5) is 0 Å². The van der Waals surface area contributed by atoms with E-state index >= 15 is 0 Å². The van der Waals surface area contributed by atoms with Gasteiger partial charge in [-0.05, 0) is 11.6 Å². The first kappa shape index (κ1) is 12.4. The zero-order valence-corrected chi connectivity index (χ0v) is 12.3. The molecule has 0 N–H and O–H groups in total. The molecule has 0 unspecified atom stereocenters. The lowest BCUT2D eigenvalue weighted by atomic mass is 10.0. The molecule has 0 radical (unpaired) electrons. The van der Waals surface area contributed by atoms with Gasteiger partial charge < -0.3 is 4.74 Å².